The zero-order valence-corrected chi connectivity index (χ0v) is 21.3. The average Bonchev–Trinajstić information content (AvgIpc) is 3.49. The van der Waals surface area contributed by atoms with E-state index in [2.05, 4.69) is 29.0 Å². The van der Waals surface area contributed by atoms with Crippen LogP contribution in [0.15, 0.2) is 36.1 Å². The first-order valence-electron chi connectivity index (χ1n) is 11.2. The van der Waals surface area contributed by atoms with E-state index in [-0.39, 0.29) is 11.7 Å². The van der Waals surface area contributed by atoms with Crippen molar-refractivity contribution in [3.63, 3.8) is 0 Å². The van der Waals surface area contributed by atoms with Gasteiger partial charge in [0.15, 0.2) is 5.16 Å². The summed E-state index contributed by atoms with van der Waals surface area (Å²) in [6, 6.07) is 4.04. The molecule has 1 aliphatic carbocycles. The van der Waals surface area contributed by atoms with E-state index < -0.39 is 5.97 Å². The van der Waals surface area contributed by atoms with E-state index in [1.165, 1.54) is 30.2 Å². The highest BCUT2D eigenvalue weighted by Crippen LogP contribution is 2.40. The van der Waals surface area contributed by atoms with Gasteiger partial charge in [-0.3, -0.25) is 4.79 Å². The maximum atomic E-state index is 12.8. The SMILES string of the molecule is C=CCn1c(Cc2cccn2C)nnc1SCC(=O)Nc1sc2c(c1C(=O)OC)CCC(C)C2. The third-order valence-corrected chi connectivity index (χ3v) is 8.12. The Morgan fingerprint density at radius 2 is 2.24 bits per heavy atom. The molecule has 0 aromatic carbocycles. The van der Waals surface area contributed by atoms with E-state index in [4.69, 9.17) is 4.74 Å². The van der Waals surface area contributed by atoms with Crippen molar-refractivity contribution in [2.24, 2.45) is 13.0 Å². The molecule has 0 spiro atoms. The molecule has 3 aromatic heterocycles. The number of hydrogen-bond acceptors (Lipinski definition) is 7. The van der Waals surface area contributed by atoms with Crippen LogP contribution < -0.4 is 5.32 Å². The van der Waals surface area contributed by atoms with Crippen molar-refractivity contribution in [1.82, 2.24) is 19.3 Å². The summed E-state index contributed by atoms with van der Waals surface area (Å²) in [5, 5.41) is 12.8. The van der Waals surface area contributed by atoms with E-state index in [0.717, 1.165) is 41.2 Å². The molecule has 0 saturated carbocycles. The topological polar surface area (TPSA) is 91.0 Å². The first kappa shape index (κ1) is 24.3. The Morgan fingerprint density at radius 3 is 2.94 bits per heavy atom. The third-order valence-electron chi connectivity index (χ3n) is 5.98. The number of fused-ring (bicyclic) bond motifs is 1. The molecule has 1 N–H and O–H groups in total. The fourth-order valence-electron chi connectivity index (χ4n) is 4.16. The van der Waals surface area contributed by atoms with Crippen molar-refractivity contribution in [1.29, 1.82) is 0 Å². The second-order valence-electron chi connectivity index (χ2n) is 8.47. The number of thiophene rings is 1. The molecule has 3 aromatic rings. The number of amides is 1. The Balaban J connectivity index is 1.47. The molecule has 4 rings (SSSR count). The zero-order chi connectivity index (χ0) is 24.2. The number of methoxy groups -OCH3 is 1. The summed E-state index contributed by atoms with van der Waals surface area (Å²) in [4.78, 5) is 26.5. The number of aryl methyl sites for hydroxylation is 1. The van der Waals surface area contributed by atoms with Gasteiger partial charge in [-0.25, -0.2) is 4.79 Å². The minimum absolute atomic E-state index is 0.152. The molecule has 180 valence electrons. The van der Waals surface area contributed by atoms with E-state index in [9.17, 15) is 9.59 Å². The van der Waals surface area contributed by atoms with Crippen LogP contribution >= 0.6 is 23.1 Å². The van der Waals surface area contributed by atoms with Crippen LogP contribution in [0.4, 0.5) is 5.00 Å². The number of nitrogens with one attached hydrogen (secondary N) is 1. The number of esters is 1. The van der Waals surface area contributed by atoms with Gasteiger partial charge < -0.3 is 19.2 Å². The van der Waals surface area contributed by atoms with Crippen LogP contribution in [0.5, 0.6) is 0 Å². The molecule has 0 fully saturated rings. The fraction of sp³-hybridized carbons (Fsp3) is 0.417. The molecule has 0 bridgehead atoms. The summed E-state index contributed by atoms with van der Waals surface area (Å²) >= 11 is 2.81. The van der Waals surface area contributed by atoms with Crippen molar-refractivity contribution in [3.05, 3.63) is 58.5 Å². The van der Waals surface area contributed by atoms with E-state index in [1.54, 1.807) is 6.08 Å². The van der Waals surface area contributed by atoms with Gasteiger partial charge >= 0.3 is 5.97 Å². The van der Waals surface area contributed by atoms with Gasteiger partial charge in [-0.15, -0.1) is 28.1 Å². The number of aromatic nitrogens is 4. The van der Waals surface area contributed by atoms with E-state index in [1.807, 2.05) is 34.5 Å². The molecule has 0 aliphatic heterocycles. The Labute approximate surface area is 207 Å². The number of allylic oxidation sites excluding steroid dienone is 1. The second kappa shape index (κ2) is 10.6. The number of nitrogens with zero attached hydrogens (tertiary/aromatic N) is 4. The maximum Gasteiger partial charge on any atom is 0.341 e. The maximum absolute atomic E-state index is 12.8. The number of carbonyl (C=O) groups excluding carboxylic acids is 2. The van der Waals surface area contributed by atoms with Crippen LogP contribution in [0.25, 0.3) is 0 Å². The molecule has 10 heteroatoms. The normalized spacial score (nSPS) is 15.1. The largest absolute Gasteiger partial charge is 0.465 e. The molecular weight excluding hydrogens is 470 g/mol. The van der Waals surface area contributed by atoms with Gasteiger partial charge in [0.05, 0.1) is 18.4 Å². The fourth-order valence-corrected chi connectivity index (χ4v) is 6.34. The molecule has 1 unspecified atom stereocenters. The molecule has 34 heavy (non-hydrogen) atoms. The highest BCUT2D eigenvalue weighted by atomic mass is 32.2. The molecule has 1 amide bonds. The molecule has 1 atom stereocenters. The summed E-state index contributed by atoms with van der Waals surface area (Å²) in [6.45, 7) is 6.61. The molecular formula is C24H29N5O3S2. The highest BCUT2D eigenvalue weighted by Gasteiger charge is 2.29. The monoisotopic (exact) mass is 499 g/mol. The van der Waals surface area contributed by atoms with Crippen LogP contribution in [0.1, 0.15) is 45.7 Å². The average molecular weight is 500 g/mol. The summed E-state index contributed by atoms with van der Waals surface area (Å²) in [5.74, 6) is 0.943. The number of ether oxygens (including phenoxy) is 1. The lowest BCUT2D eigenvalue weighted by atomic mass is 9.88. The zero-order valence-electron chi connectivity index (χ0n) is 19.7. The Hall–Kier alpha value is -2.85. The van der Waals surface area contributed by atoms with Crippen molar-refractivity contribution in [3.8, 4) is 0 Å². The Kier molecular flexibility index (Phi) is 7.57. The molecule has 8 nitrogen and oxygen atoms in total. The van der Waals surface area contributed by atoms with Crippen molar-refractivity contribution < 1.29 is 14.3 Å². The molecule has 1 aliphatic rings. The van der Waals surface area contributed by atoms with Gasteiger partial charge in [-0.1, -0.05) is 24.8 Å². The number of hydrogen-bond donors (Lipinski definition) is 1. The second-order valence-corrected chi connectivity index (χ2v) is 10.5. The first-order valence-corrected chi connectivity index (χ1v) is 13.0. The number of thioether (sulfide) groups is 1. The first-order chi connectivity index (χ1) is 16.4. The highest BCUT2D eigenvalue weighted by molar-refractivity contribution is 7.99. The summed E-state index contributed by atoms with van der Waals surface area (Å²) < 4.78 is 9.04. The van der Waals surface area contributed by atoms with Crippen molar-refractivity contribution in [2.45, 2.75) is 44.3 Å². The van der Waals surface area contributed by atoms with Crippen LogP contribution in [0.2, 0.25) is 0 Å². The lowest BCUT2D eigenvalue weighted by Gasteiger charge is -2.18. The van der Waals surface area contributed by atoms with Gasteiger partial charge in [0.1, 0.15) is 10.8 Å². The van der Waals surface area contributed by atoms with Gasteiger partial charge in [-0.2, -0.15) is 0 Å². The predicted molar refractivity (Wildman–Crippen MR) is 135 cm³/mol. The van der Waals surface area contributed by atoms with Crippen LogP contribution in [0.3, 0.4) is 0 Å². The lowest BCUT2D eigenvalue weighted by molar-refractivity contribution is -0.113. The lowest BCUT2D eigenvalue weighted by Crippen LogP contribution is -2.17. The molecule has 3 heterocycles. The summed E-state index contributed by atoms with van der Waals surface area (Å²) in [5.41, 5.74) is 2.65. The van der Waals surface area contributed by atoms with Crippen LogP contribution in [-0.2, 0) is 42.4 Å². The predicted octanol–water partition coefficient (Wildman–Crippen LogP) is 4.10. The Morgan fingerprint density at radius 1 is 1.41 bits per heavy atom. The number of anilines is 1. The molecule has 0 saturated heterocycles. The standard InChI is InChI=1S/C24H29N5O3S2/c1-5-10-29-19(13-16-7-6-11-28(16)3)26-27-24(29)33-14-20(30)25-22-21(23(31)32-4)17-9-8-15(2)12-18(17)34-22/h5-7,11,15H,1,8-10,12-14H2,2-4H3,(H,25,30). The minimum Gasteiger partial charge on any atom is -0.465 e. The third kappa shape index (κ3) is 5.12. The van der Waals surface area contributed by atoms with Gasteiger partial charge in [0.2, 0.25) is 5.91 Å². The van der Waals surface area contributed by atoms with Gasteiger partial charge in [0.25, 0.3) is 0 Å². The van der Waals surface area contributed by atoms with E-state index in [0.29, 0.717) is 34.6 Å². The van der Waals surface area contributed by atoms with Crippen molar-refractivity contribution >= 4 is 40.0 Å². The minimum atomic E-state index is -0.397. The number of rotatable bonds is 9. The Bertz CT molecular complexity index is 1210. The van der Waals surface area contributed by atoms with Crippen LogP contribution in [0, 0.1) is 5.92 Å². The molecule has 0 radical (unpaired) electrons. The van der Waals surface area contributed by atoms with Crippen LogP contribution in [-0.4, -0.2) is 44.1 Å². The quantitative estimate of drug-likeness (QED) is 0.271. The summed E-state index contributed by atoms with van der Waals surface area (Å²) in [6.07, 6.45) is 7.20. The van der Waals surface area contributed by atoms with Gasteiger partial charge in [-0.05, 0) is 42.9 Å². The van der Waals surface area contributed by atoms with E-state index >= 15 is 0 Å². The van der Waals surface area contributed by atoms with Gasteiger partial charge in [0, 0.05) is 36.8 Å². The summed E-state index contributed by atoms with van der Waals surface area (Å²) in [7, 11) is 3.37. The van der Waals surface area contributed by atoms with Crippen molar-refractivity contribution in [2.75, 3.05) is 18.2 Å². The smallest absolute Gasteiger partial charge is 0.341 e. The number of carbonyl (C=O) groups is 2.